The zero-order chi connectivity index (χ0) is 14.4. The third-order valence-electron chi connectivity index (χ3n) is 3.69. The lowest BCUT2D eigenvalue weighted by atomic mass is 9.81. The van der Waals surface area contributed by atoms with E-state index < -0.39 is 0 Å². The van der Waals surface area contributed by atoms with E-state index in [4.69, 9.17) is 4.74 Å². The van der Waals surface area contributed by atoms with Gasteiger partial charge in [-0.25, -0.2) is 4.98 Å². The van der Waals surface area contributed by atoms with Gasteiger partial charge in [-0.3, -0.25) is 0 Å². The van der Waals surface area contributed by atoms with Gasteiger partial charge in [0.15, 0.2) is 0 Å². The second-order valence-electron chi connectivity index (χ2n) is 6.99. The summed E-state index contributed by atoms with van der Waals surface area (Å²) in [5, 5.41) is 4.47. The van der Waals surface area contributed by atoms with Gasteiger partial charge in [-0.15, -0.1) is 0 Å². The molecule has 0 bridgehead atoms. The van der Waals surface area contributed by atoms with Gasteiger partial charge in [0, 0.05) is 23.9 Å². The van der Waals surface area contributed by atoms with Crippen molar-refractivity contribution in [2.75, 3.05) is 0 Å². The van der Waals surface area contributed by atoms with Crippen LogP contribution in [0.5, 0.6) is 5.19 Å². The summed E-state index contributed by atoms with van der Waals surface area (Å²) in [6, 6.07) is 8.19. The maximum atomic E-state index is 6.18. The lowest BCUT2D eigenvalue weighted by Crippen LogP contribution is -2.60. The van der Waals surface area contributed by atoms with E-state index >= 15 is 0 Å². The first-order chi connectivity index (χ1) is 9.33. The Balaban J connectivity index is 1.79. The average molecular weight is 290 g/mol. The molecule has 0 saturated carbocycles. The van der Waals surface area contributed by atoms with Gasteiger partial charge < -0.3 is 10.1 Å². The Hall–Kier alpha value is -1.13. The van der Waals surface area contributed by atoms with E-state index in [-0.39, 0.29) is 17.2 Å². The van der Waals surface area contributed by atoms with Crippen LogP contribution in [0.3, 0.4) is 0 Å². The molecule has 3 nitrogen and oxygen atoms in total. The van der Waals surface area contributed by atoms with Crippen molar-refractivity contribution in [3.05, 3.63) is 24.3 Å². The lowest BCUT2D eigenvalue weighted by Gasteiger charge is -2.45. The molecule has 1 N–H and O–H groups in total. The Kier molecular flexibility index (Phi) is 3.26. The summed E-state index contributed by atoms with van der Waals surface area (Å²) in [5.74, 6) is 0. The van der Waals surface area contributed by atoms with Gasteiger partial charge in [-0.1, -0.05) is 23.5 Å². The van der Waals surface area contributed by atoms with E-state index in [1.54, 1.807) is 11.3 Å². The van der Waals surface area contributed by atoms with Crippen LogP contribution < -0.4 is 10.1 Å². The van der Waals surface area contributed by atoms with Crippen LogP contribution in [0.1, 0.15) is 40.5 Å². The van der Waals surface area contributed by atoms with Crippen molar-refractivity contribution < 1.29 is 4.74 Å². The number of rotatable bonds is 2. The normalized spacial score (nSPS) is 22.0. The highest BCUT2D eigenvalue weighted by atomic mass is 32.1. The predicted molar refractivity (Wildman–Crippen MR) is 84.6 cm³/mol. The van der Waals surface area contributed by atoms with E-state index in [1.165, 1.54) is 4.70 Å². The zero-order valence-electron chi connectivity index (χ0n) is 12.6. The van der Waals surface area contributed by atoms with E-state index in [1.807, 2.05) is 18.2 Å². The number of hydrogen-bond donors (Lipinski definition) is 1. The summed E-state index contributed by atoms with van der Waals surface area (Å²) >= 11 is 1.64. The number of piperidine rings is 1. The monoisotopic (exact) mass is 290 g/mol. The fourth-order valence-corrected chi connectivity index (χ4v) is 4.24. The molecule has 1 saturated heterocycles. The minimum Gasteiger partial charge on any atom is -0.467 e. The Morgan fingerprint density at radius 1 is 1.15 bits per heavy atom. The largest absolute Gasteiger partial charge is 0.467 e. The highest BCUT2D eigenvalue weighted by Gasteiger charge is 2.39. The van der Waals surface area contributed by atoms with Crippen LogP contribution in [0.15, 0.2) is 24.3 Å². The topological polar surface area (TPSA) is 34.1 Å². The van der Waals surface area contributed by atoms with Crippen molar-refractivity contribution in [2.24, 2.45) is 0 Å². The van der Waals surface area contributed by atoms with Crippen molar-refractivity contribution in [1.82, 2.24) is 10.3 Å². The van der Waals surface area contributed by atoms with Crippen LogP contribution in [-0.4, -0.2) is 22.2 Å². The zero-order valence-corrected chi connectivity index (χ0v) is 13.4. The van der Waals surface area contributed by atoms with Gasteiger partial charge >= 0.3 is 0 Å². The Labute approximate surface area is 124 Å². The lowest BCUT2D eigenvalue weighted by molar-refractivity contribution is 0.0559. The maximum absolute atomic E-state index is 6.18. The SMILES string of the molecule is CC1(C)CC(Oc2nc3ccccc3s2)CC(C)(C)N1. The van der Waals surface area contributed by atoms with Crippen LogP contribution >= 0.6 is 11.3 Å². The van der Waals surface area contributed by atoms with Gasteiger partial charge in [0.25, 0.3) is 5.19 Å². The van der Waals surface area contributed by atoms with Crippen molar-refractivity contribution in [1.29, 1.82) is 0 Å². The molecule has 1 aliphatic rings. The first kappa shape index (κ1) is 13.8. The molecule has 20 heavy (non-hydrogen) atoms. The number of benzene rings is 1. The molecule has 2 heterocycles. The number of hydrogen-bond acceptors (Lipinski definition) is 4. The molecular weight excluding hydrogens is 268 g/mol. The standard InChI is InChI=1S/C16H22N2OS/c1-15(2)9-11(10-16(3,4)18-15)19-14-17-12-7-5-6-8-13(12)20-14/h5-8,11,18H,9-10H2,1-4H3. The molecule has 1 aliphatic heterocycles. The Morgan fingerprint density at radius 3 is 2.45 bits per heavy atom. The number of ether oxygens (including phenoxy) is 1. The molecule has 0 aliphatic carbocycles. The minimum absolute atomic E-state index is 0.100. The van der Waals surface area contributed by atoms with Gasteiger partial charge in [-0.05, 0) is 39.8 Å². The summed E-state index contributed by atoms with van der Waals surface area (Å²) in [5.41, 5.74) is 1.23. The molecule has 0 spiro atoms. The van der Waals surface area contributed by atoms with Gasteiger partial charge in [0.2, 0.25) is 0 Å². The molecule has 0 amide bonds. The first-order valence-electron chi connectivity index (χ1n) is 7.15. The highest BCUT2D eigenvalue weighted by Crippen LogP contribution is 2.34. The maximum Gasteiger partial charge on any atom is 0.274 e. The van der Waals surface area contributed by atoms with Gasteiger partial charge in [0.05, 0.1) is 10.2 Å². The van der Waals surface area contributed by atoms with Crippen molar-refractivity contribution in [2.45, 2.75) is 57.7 Å². The number of nitrogens with zero attached hydrogens (tertiary/aromatic N) is 1. The Morgan fingerprint density at radius 2 is 1.80 bits per heavy atom. The number of fused-ring (bicyclic) bond motifs is 1. The molecule has 1 aromatic carbocycles. The fourth-order valence-electron chi connectivity index (χ4n) is 3.36. The molecule has 1 aromatic heterocycles. The molecule has 4 heteroatoms. The number of nitrogens with one attached hydrogen (secondary N) is 1. The third-order valence-corrected chi connectivity index (χ3v) is 4.62. The summed E-state index contributed by atoms with van der Waals surface area (Å²) in [6.07, 6.45) is 2.24. The van der Waals surface area contributed by atoms with E-state index in [0.717, 1.165) is 23.6 Å². The highest BCUT2D eigenvalue weighted by molar-refractivity contribution is 7.20. The molecule has 0 radical (unpaired) electrons. The third kappa shape index (κ3) is 2.96. The van der Waals surface area contributed by atoms with Gasteiger partial charge in [0.1, 0.15) is 6.10 Å². The molecule has 2 aromatic rings. The van der Waals surface area contributed by atoms with Crippen molar-refractivity contribution in [3.63, 3.8) is 0 Å². The molecule has 0 atom stereocenters. The number of aromatic nitrogens is 1. The minimum atomic E-state index is 0.100. The quantitative estimate of drug-likeness (QED) is 0.908. The van der Waals surface area contributed by atoms with Crippen LogP contribution in [0, 0.1) is 0 Å². The predicted octanol–water partition coefficient (Wildman–Crippen LogP) is 3.98. The van der Waals surface area contributed by atoms with E-state index in [9.17, 15) is 0 Å². The summed E-state index contributed by atoms with van der Waals surface area (Å²) < 4.78 is 7.37. The molecule has 108 valence electrons. The first-order valence-corrected chi connectivity index (χ1v) is 7.96. The van der Waals surface area contributed by atoms with E-state index in [2.05, 4.69) is 44.1 Å². The Bertz CT molecular complexity index is 569. The van der Waals surface area contributed by atoms with Gasteiger partial charge in [-0.2, -0.15) is 0 Å². The van der Waals surface area contributed by atoms with E-state index in [0.29, 0.717) is 0 Å². The second-order valence-corrected chi connectivity index (χ2v) is 7.98. The number of thiazole rings is 1. The summed E-state index contributed by atoms with van der Waals surface area (Å²) in [7, 11) is 0. The second kappa shape index (κ2) is 4.71. The molecule has 1 fully saturated rings. The van der Waals surface area contributed by atoms with Crippen LogP contribution in [-0.2, 0) is 0 Å². The van der Waals surface area contributed by atoms with Crippen molar-refractivity contribution in [3.8, 4) is 5.19 Å². The fraction of sp³-hybridized carbons (Fsp3) is 0.562. The summed E-state index contributed by atoms with van der Waals surface area (Å²) in [4.78, 5) is 4.58. The molecule has 3 rings (SSSR count). The number of para-hydroxylation sites is 1. The smallest absolute Gasteiger partial charge is 0.274 e. The van der Waals surface area contributed by atoms with Crippen molar-refractivity contribution >= 4 is 21.6 Å². The van der Waals surface area contributed by atoms with Crippen LogP contribution in [0.4, 0.5) is 0 Å². The van der Waals surface area contributed by atoms with Crippen LogP contribution in [0.2, 0.25) is 0 Å². The molecule has 0 unspecified atom stereocenters. The average Bonchev–Trinajstić information content (AvgIpc) is 2.66. The molecular formula is C16H22N2OS. The summed E-state index contributed by atoms with van der Waals surface area (Å²) in [6.45, 7) is 8.95. The van der Waals surface area contributed by atoms with Crippen LogP contribution in [0.25, 0.3) is 10.2 Å².